The minimum atomic E-state index is -0.142. The van der Waals surface area contributed by atoms with E-state index in [1.165, 1.54) is 100 Å². The van der Waals surface area contributed by atoms with Gasteiger partial charge < -0.3 is 4.90 Å². The highest BCUT2D eigenvalue weighted by Gasteiger charge is 2.46. The van der Waals surface area contributed by atoms with Gasteiger partial charge in [-0.2, -0.15) is 0 Å². The van der Waals surface area contributed by atoms with Crippen molar-refractivity contribution >= 4 is 11.4 Å². The van der Waals surface area contributed by atoms with Crippen LogP contribution in [0.2, 0.25) is 0 Å². The average molecular weight is 654 g/mol. The molecule has 252 valence electrons. The van der Waals surface area contributed by atoms with Gasteiger partial charge in [0.1, 0.15) is 0 Å². The molecule has 5 aromatic rings. The van der Waals surface area contributed by atoms with Crippen LogP contribution in [0.15, 0.2) is 108 Å². The van der Waals surface area contributed by atoms with Crippen LogP contribution in [0.5, 0.6) is 0 Å². The van der Waals surface area contributed by atoms with Crippen molar-refractivity contribution in [3.63, 3.8) is 0 Å². The molecule has 1 unspecified atom stereocenters. The number of hydrogen-bond donors (Lipinski definition) is 0. The summed E-state index contributed by atoms with van der Waals surface area (Å²) in [6, 6.07) is 33.5. The van der Waals surface area contributed by atoms with Crippen molar-refractivity contribution in [2.45, 2.75) is 99.0 Å². The van der Waals surface area contributed by atoms with Gasteiger partial charge in [-0.1, -0.05) is 112 Å². The van der Waals surface area contributed by atoms with Gasteiger partial charge in [0.2, 0.25) is 0 Å². The quantitative estimate of drug-likeness (QED) is 0.182. The first kappa shape index (κ1) is 32.6. The van der Waals surface area contributed by atoms with Crippen LogP contribution >= 0.6 is 0 Å². The lowest BCUT2D eigenvalue weighted by molar-refractivity contribution is 0.600. The van der Waals surface area contributed by atoms with Crippen molar-refractivity contribution in [3.8, 4) is 22.3 Å². The van der Waals surface area contributed by atoms with Crippen molar-refractivity contribution < 1.29 is 0 Å². The highest BCUT2D eigenvalue weighted by atomic mass is 15.2. The van der Waals surface area contributed by atoms with E-state index in [1.54, 1.807) is 0 Å². The summed E-state index contributed by atoms with van der Waals surface area (Å²) >= 11 is 0. The first-order valence-corrected chi connectivity index (χ1v) is 18.5. The summed E-state index contributed by atoms with van der Waals surface area (Å²) in [5.41, 5.74) is 24.8. The van der Waals surface area contributed by atoms with Crippen molar-refractivity contribution in [1.29, 1.82) is 0 Å². The molecule has 5 aromatic carbocycles. The highest BCUT2D eigenvalue weighted by Crippen LogP contribution is 2.59. The normalized spacial score (nSPS) is 17.8. The minimum absolute atomic E-state index is 0.0998. The van der Waals surface area contributed by atoms with E-state index >= 15 is 0 Å². The Morgan fingerprint density at radius 1 is 0.540 bits per heavy atom. The lowest BCUT2D eigenvalue weighted by Crippen LogP contribution is -2.31. The lowest BCUT2D eigenvalue weighted by Gasteiger charge is -2.36. The second-order valence-electron chi connectivity index (χ2n) is 16.6. The molecule has 0 aliphatic heterocycles. The Kier molecular flexibility index (Phi) is 7.46. The van der Waals surface area contributed by atoms with Crippen molar-refractivity contribution in [2.75, 3.05) is 4.90 Å². The molecule has 0 spiro atoms. The summed E-state index contributed by atoms with van der Waals surface area (Å²) in [5.74, 6) is 0. The van der Waals surface area contributed by atoms with E-state index in [0.29, 0.717) is 0 Å². The molecule has 0 aromatic heterocycles. The summed E-state index contributed by atoms with van der Waals surface area (Å²) < 4.78 is 0. The molecular formula is C49H51N. The predicted octanol–water partition coefficient (Wildman–Crippen LogP) is 12.9. The molecule has 3 aliphatic rings. The van der Waals surface area contributed by atoms with Crippen LogP contribution in [0.4, 0.5) is 11.4 Å². The molecular weight excluding hydrogens is 603 g/mol. The van der Waals surface area contributed by atoms with E-state index in [9.17, 15) is 0 Å². The molecule has 0 saturated heterocycles. The topological polar surface area (TPSA) is 3.24 Å². The Hall–Kier alpha value is -4.62. The molecule has 50 heavy (non-hydrogen) atoms. The predicted molar refractivity (Wildman–Crippen MR) is 214 cm³/mol. The van der Waals surface area contributed by atoms with Crippen molar-refractivity contribution in [2.24, 2.45) is 0 Å². The zero-order chi connectivity index (χ0) is 35.3. The number of anilines is 2. The first-order valence-electron chi connectivity index (χ1n) is 18.5. The van der Waals surface area contributed by atoms with Gasteiger partial charge in [0.25, 0.3) is 0 Å². The summed E-state index contributed by atoms with van der Waals surface area (Å²) in [6.07, 6.45) is 6.72. The largest absolute Gasteiger partial charge is 0.334 e. The summed E-state index contributed by atoms with van der Waals surface area (Å²) in [4.78, 5) is 2.58. The molecule has 1 nitrogen and oxygen atoms in total. The van der Waals surface area contributed by atoms with Crippen LogP contribution in [0, 0.1) is 27.7 Å². The van der Waals surface area contributed by atoms with Crippen LogP contribution in [-0.4, -0.2) is 6.04 Å². The molecule has 0 radical (unpaired) electrons. The molecule has 0 heterocycles. The fourth-order valence-corrected chi connectivity index (χ4v) is 9.18. The highest BCUT2D eigenvalue weighted by molar-refractivity contribution is 5.92. The Morgan fingerprint density at radius 2 is 1.04 bits per heavy atom. The lowest BCUT2D eigenvalue weighted by atomic mass is 9.72. The third-order valence-electron chi connectivity index (χ3n) is 12.6. The van der Waals surface area contributed by atoms with Crippen LogP contribution in [0.3, 0.4) is 0 Å². The van der Waals surface area contributed by atoms with Gasteiger partial charge in [-0.15, -0.1) is 0 Å². The van der Waals surface area contributed by atoms with Crippen molar-refractivity contribution in [3.05, 3.63) is 164 Å². The fraction of sp³-hybridized carbons (Fsp3) is 0.306. The monoisotopic (exact) mass is 653 g/mol. The number of hydrogen-bond acceptors (Lipinski definition) is 1. The van der Waals surface area contributed by atoms with Gasteiger partial charge in [-0.05, 0) is 157 Å². The molecule has 0 fully saturated rings. The number of fused-ring (bicyclic) bond motifs is 7. The maximum atomic E-state index is 2.58. The molecule has 1 atom stereocenters. The number of nitrogens with zero attached hydrogens (tertiary/aromatic N) is 1. The van der Waals surface area contributed by atoms with E-state index in [4.69, 9.17) is 0 Å². The third-order valence-corrected chi connectivity index (χ3v) is 12.6. The van der Waals surface area contributed by atoms with Gasteiger partial charge in [-0.3, -0.25) is 0 Å². The van der Waals surface area contributed by atoms with Crippen molar-refractivity contribution in [1.82, 2.24) is 0 Å². The molecule has 1 heteroatoms. The van der Waals surface area contributed by atoms with Crippen LogP contribution in [0.25, 0.3) is 22.3 Å². The van der Waals surface area contributed by atoms with Gasteiger partial charge in [-0.25, -0.2) is 0 Å². The van der Waals surface area contributed by atoms with Gasteiger partial charge >= 0.3 is 0 Å². The first-order chi connectivity index (χ1) is 23.8. The van der Waals surface area contributed by atoms with Gasteiger partial charge in [0.15, 0.2) is 0 Å². The Labute approximate surface area is 300 Å². The minimum Gasteiger partial charge on any atom is -0.334 e. The van der Waals surface area contributed by atoms with Gasteiger partial charge in [0.05, 0.1) is 6.04 Å². The Bertz CT molecular complexity index is 2290. The molecule has 0 amide bonds. The maximum absolute atomic E-state index is 2.58. The maximum Gasteiger partial charge on any atom is 0.0562 e. The zero-order valence-electron chi connectivity index (χ0n) is 31.7. The van der Waals surface area contributed by atoms with Crippen LogP contribution in [-0.2, 0) is 17.3 Å². The van der Waals surface area contributed by atoms with E-state index < -0.39 is 0 Å². The van der Waals surface area contributed by atoms with Crippen LogP contribution in [0.1, 0.15) is 104 Å². The average Bonchev–Trinajstić information content (AvgIpc) is 3.45. The standard InChI is InChI=1S/C49H51N/c1-29-11-14-35(23-32(29)4)26-36-15-19-40-42-21-22-43-41-20-18-39(28-45(41)49(9,10)47(43)46(42)48(7,8)44(40)27-36)50(37-16-12-30(2)33(5)24-37)38-17-13-31(3)34(6)25-38/h11-24,27-28,38H,25-26H2,1-10H3. The Balaban J connectivity index is 1.21. The SMILES string of the molecule is CC1=C(C)CC(N(c2ccc(C)c(C)c2)c2ccc3c(c2)C(C)(C)c2c-3ccc3c2C(C)(C)c2cc(Cc4ccc(C)c(C)c4)ccc2-3)C=C1. The second-order valence-corrected chi connectivity index (χ2v) is 16.6. The van der Waals surface area contributed by atoms with E-state index in [-0.39, 0.29) is 16.9 Å². The molecule has 0 bridgehead atoms. The smallest absolute Gasteiger partial charge is 0.0562 e. The van der Waals surface area contributed by atoms with Crippen LogP contribution < -0.4 is 4.90 Å². The molecule has 8 rings (SSSR count). The Morgan fingerprint density at radius 3 is 1.66 bits per heavy atom. The zero-order valence-corrected chi connectivity index (χ0v) is 31.7. The van der Waals surface area contributed by atoms with E-state index in [1.807, 2.05) is 0 Å². The number of benzene rings is 5. The third kappa shape index (κ3) is 4.96. The summed E-state index contributed by atoms with van der Waals surface area (Å²) in [5, 5.41) is 0. The fourth-order valence-electron chi connectivity index (χ4n) is 9.18. The molecule has 3 aliphatic carbocycles. The van der Waals surface area contributed by atoms with Gasteiger partial charge in [0, 0.05) is 22.2 Å². The number of allylic oxidation sites excluding steroid dienone is 2. The molecule has 0 N–H and O–H groups in total. The molecule has 0 saturated carbocycles. The van der Waals surface area contributed by atoms with E-state index in [2.05, 4.69) is 171 Å². The van der Waals surface area contributed by atoms with E-state index in [0.717, 1.165) is 12.8 Å². The number of rotatable bonds is 5. The summed E-state index contributed by atoms with van der Waals surface area (Å²) in [6.45, 7) is 23.2. The number of aryl methyl sites for hydroxylation is 4. The summed E-state index contributed by atoms with van der Waals surface area (Å²) in [7, 11) is 0. The second kappa shape index (κ2) is 11.5.